The van der Waals surface area contributed by atoms with E-state index in [4.69, 9.17) is 22.1 Å². The van der Waals surface area contributed by atoms with Gasteiger partial charge >= 0.3 is 6.18 Å². The Morgan fingerprint density at radius 2 is 2.08 bits per heavy atom. The van der Waals surface area contributed by atoms with Crippen LogP contribution in [0.3, 0.4) is 0 Å². The van der Waals surface area contributed by atoms with E-state index in [0.717, 1.165) is 6.07 Å². The number of carbonyl (C=O) groups excluding carboxylic acids is 1. The lowest BCUT2D eigenvalue weighted by atomic mass is 10.1. The summed E-state index contributed by atoms with van der Waals surface area (Å²) in [5.41, 5.74) is 5.56. The highest BCUT2D eigenvalue weighted by Crippen LogP contribution is 2.34. The van der Waals surface area contributed by atoms with Crippen LogP contribution in [-0.4, -0.2) is 30.1 Å². The maximum atomic E-state index is 12.7. The van der Waals surface area contributed by atoms with Gasteiger partial charge in [0.1, 0.15) is 11.1 Å². The maximum Gasteiger partial charge on any atom is 0.417 e. The molecule has 0 unspecified atom stereocenters. The third-order valence-electron chi connectivity index (χ3n) is 4.07. The van der Waals surface area contributed by atoms with Gasteiger partial charge < -0.3 is 15.4 Å². The summed E-state index contributed by atoms with van der Waals surface area (Å²) in [6.45, 7) is 1.04. The number of benzene rings is 1. The number of nitrogens with two attached hydrogens (primary N) is 1. The molecule has 5 nitrogen and oxygen atoms in total. The van der Waals surface area contributed by atoms with Crippen LogP contribution in [0, 0.1) is 0 Å². The molecule has 1 aliphatic heterocycles. The Labute approximate surface area is 152 Å². The Morgan fingerprint density at radius 1 is 1.35 bits per heavy atom. The van der Waals surface area contributed by atoms with Crippen LogP contribution in [0.5, 0.6) is 5.88 Å². The van der Waals surface area contributed by atoms with Crippen molar-refractivity contribution in [3.63, 3.8) is 0 Å². The second kappa shape index (κ2) is 7.03. The summed E-state index contributed by atoms with van der Waals surface area (Å²) in [5, 5.41) is -0.198. The SMILES string of the molecule is NC(=O)c1ccccc1N1CC[C@@H](Oc2ncc(C(F)(F)F)cc2Cl)C1. The van der Waals surface area contributed by atoms with Gasteiger partial charge in [0.15, 0.2) is 0 Å². The van der Waals surface area contributed by atoms with E-state index in [9.17, 15) is 18.0 Å². The van der Waals surface area contributed by atoms with Gasteiger partial charge in [0.25, 0.3) is 5.91 Å². The van der Waals surface area contributed by atoms with E-state index in [1.54, 1.807) is 24.3 Å². The number of amides is 1. The zero-order valence-corrected chi connectivity index (χ0v) is 14.2. The molecule has 0 spiro atoms. The average molecular weight is 386 g/mol. The van der Waals surface area contributed by atoms with Crippen LogP contribution in [0.4, 0.5) is 18.9 Å². The van der Waals surface area contributed by atoms with Crippen LogP contribution in [0.1, 0.15) is 22.3 Å². The number of hydrogen-bond donors (Lipinski definition) is 1. The minimum Gasteiger partial charge on any atom is -0.471 e. The highest BCUT2D eigenvalue weighted by molar-refractivity contribution is 6.31. The van der Waals surface area contributed by atoms with Crippen molar-refractivity contribution in [1.29, 1.82) is 0 Å². The van der Waals surface area contributed by atoms with Crippen molar-refractivity contribution in [2.75, 3.05) is 18.0 Å². The van der Waals surface area contributed by atoms with Crippen molar-refractivity contribution in [1.82, 2.24) is 4.98 Å². The first-order chi connectivity index (χ1) is 12.3. The van der Waals surface area contributed by atoms with Crippen LogP contribution in [0.15, 0.2) is 36.5 Å². The largest absolute Gasteiger partial charge is 0.471 e. The number of pyridine rings is 1. The van der Waals surface area contributed by atoms with E-state index in [0.29, 0.717) is 37.0 Å². The molecule has 1 saturated heterocycles. The molecule has 1 amide bonds. The second-order valence-corrected chi connectivity index (χ2v) is 6.27. The number of anilines is 1. The molecule has 0 aliphatic carbocycles. The second-order valence-electron chi connectivity index (χ2n) is 5.86. The van der Waals surface area contributed by atoms with Gasteiger partial charge in [-0.1, -0.05) is 23.7 Å². The first-order valence-electron chi connectivity index (χ1n) is 7.79. The molecule has 2 heterocycles. The topological polar surface area (TPSA) is 68.5 Å². The molecule has 1 aromatic heterocycles. The molecule has 1 atom stereocenters. The number of aromatic nitrogens is 1. The van der Waals surface area contributed by atoms with Gasteiger partial charge in [0, 0.05) is 24.8 Å². The summed E-state index contributed by atoms with van der Waals surface area (Å²) < 4.78 is 43.6. The Morgan fingerprint density at radius 3 is 2.73 bits per heavy atom. The Kier molecular flexibility index (Phi) is 4.95. The molecule has 138 valence electrons. The minimum absolute atomic E-state index is 0.0466. The predicted molar refractivity (Wildman–Crippen MR) is 90.5 cm³/mol. The molecule has 3 rings (SSSR count). The van der Waals surface area contributed by atoms with E-state index in [2.05, 4.69) is 4.98 Å². The Hall–Kier alpha value is -2.48. The molecule has 0 saturated carbocycles. The molecule has 26 heavy (non-hydrogen) atoms. The van der Waals surface area contributed by atoms with Gasteiger partial charge in [-0.05, 0) is 18.2 Å². The molecule has 1 fully saturated rings. The van der Waals surface area contributed by atoms with E-state index in [1.807, 2.05) is 4.90 Å². The zero-order valence-electron chi connectivity index (χ0n) is 13.5. The van der Waals surface area contributed by atoms with Gasteiger partial charge in [-0.15, -0.1) is 0 Å². The van der Waals surface area contributed by atoms with Crippen molar-refractivity contribution in [2.24, 2.45) is 5.73 Å². The molecule has 0 bridgehead atoms. The molecule has 0 radical (unpaired) electrons. The van der Waals surface area contributed by atoms with Crippen LogP contribution in [0.2, 0.25) is 5.02 Å². The minimum atomic E-state index is -4.52. The van der Waals surface area contributed by atoms with Crippen molar-refractivity contribution in [3.8, 4) is 5.88 Å². The number of halogens is 4. The number of hydrogen-bond acceptors (Lipinski definition) is 4. The van der Waals surface area contributed by atoms with Crippen LogP contribution in [-0.2, 0) is 6.18 Å². The number of para-hydroxylation sites is 1. The van der Waals surface area contributed by atoms with Crippen molar-refractivity contribution in [2.45, 2.75) is 18.7 Å². The number of nitrogens with zero attached hydrogens (tertiary/aromatic N) is 2. The van der Waals surface area contributed by atoms with Gasteiger partial charge in [-0.2, -0.15) is 13.2 Å². The number of rotatable bonds is 4. The number of alkyl halides is 3. The number of carbonyl (C=O) groups is 1. The molecule has 2 N–H and O–H groups in total. The maximum absolute atomic E-state index is 12.7. The highest BCUT2D eigenvalue weighted by atomic mass is 35.5. The third kappa shape index (κ3) is 3.85. The van der Waals surface area contributed by atoms with E-state index in [1.165, 1.54) is 0 Å². The van der Waals surface area contributed by atoms with E-state index in [-0.39, 0.29) is 17.0 Å². The Bertz CT molecular complexity index is 829. The fourth-order valence-corrected chi connectivity index (χ4v) is 3.04. The summed E-state index contributed by atoms with van der Waals surface area (Å²) in [7, 11) is 0. The fourth-order valence-electron chi connectivity index (χ4n) is 2.83. The normalized spacial score (nSPS) is 17.4. The molecular weight excluding hydrogens is 371 g/mol. The molecule has 2 aromatic rings. The lowest BCUT2D eigenvalue weighted by Crippen LogP contribution is -2.27. The summed E-state index contributed by atoms with van der Waals surface area (Å²) >= 11 is 5.87. The first-order valence-corrected chi connectivity index (χ1v) is 8.16. The standard InChI is InChI=1S/C17H15ClF3N3O2/c18-13-7-10(17(19,20)21)8-23-16(13)26-11-5-6-24(9-11)14-4-2-1-3-12(14)15(22)25/h1-4,7-8,11H,5-6,9H2,(H2,22,25)/t11-/m1/s1. The van der Waals surface area contributed by atoms with Crippen LogP contribution >= 0.6 is 11.6 Å². The summed E-state index contributed by atoms with van der Waals surface area (Å²) in [6, 6.07) is 7.73. The summed E-state index contributed by atoms with van der Waals surface area (Å²) in [5.74, 6) is -0.577. The molecule has 9 heteroatoms. The van der Waals surface area contributed by atoms with Gasteiger partial charge in [-0.25, -0.2) is 4.98 Å². The number of ether oxygens (including phenoxy) is 1. The third-order valence-corrected chi connectivity index (χ3v) is 4.34. The number of primary amides is 1. The highest BCUT2D eigenvalue weighted by Gasteiger charge is 2.32. The van der Waals surface area contributed by atoms with Gasteiger partial charge in [0.05, 0.1) is 17.7 Å². The monoisotopic (exact) mass is 385 g/mol. The summed E-state index contributed by atoms with van der Waals surface area (Å²) in [4.78, 5) is 17.2. The van der Waals surface area contributed by atoms with Gasteiger partial charge in [-0.3, -0.25) is 4.79 Å². The lowest BCUT2D eigenvalue weighted by molar-refractivity contribution is -0.137. The zero-order chi connectivity index (χ0) is 18.9. The van der Waals surface area contributed by atoms with Crippen molar-refractivity contribution < 1.29 is 22.7 Å². The Balaban J connectivity index is 1.72. The van der Waals surface area contributed by atoms with E-state index < -0.39 is 17.6 Å². The van der Waals surface area contributed by atoms with Crippen LogP contribution in [0.25, 0.3) is 0 Å². The molecule has 1 aromatic carbocycles. The average Bonchev–Trinajstić information content (AvgIpc) is 3.04. The van der Waals surface area contributed by atoms with Gasteiger partial charge in [0.2, 0.25) is 5.88 Å². The first kappa shape index (κ1) is 18.3. The smallest absolute Gasteiger partial charge is 0.417 e. The van der Waals surface area contributed by atoms with Crippen molar-refractivity contribution >= 4 is 23.2 Å². The van der Waals surface area contributed by atoms with Crippen molar-refractivity contribution in [3.05, 3.63) is 52.7 Å². The predicted octanol–water partition coefficient (Wildman–Crippen LogP) is 3.51. The van der Waals surface area contributed by atoms with E-state index >= 15 is 0 Å². The lowest BCUT2D eigenvalue weighted by Gasteiger charge is -2.21. The fraction of sp³-hybridized carbons (Fsp3) is 0.294. The quantitative estimate of drug-likeness (QED) is 0.874. The molecule has 1 aliphatic rings. The van der Waals surface area contributed by atoms with Crippen LogP contribution < -0.4 is 15.4 Å². The molecular formula is C17H15ClF3N3O2. The summed E-state index contributed by atoms with van der Waals surface area (Å²) in [6.07, 6.45) is -3.54.